The molecule has 120 valence electrons. The third kappa shape index (κ3) is 4.54. The van der Waals surface area contributed by atoms with E-state index in [1.54, 1.807) is 0 Å². The van der Waals surface area contributed by atoms with Gasteiger partial charge in [-0.2, -0.15) is 4.73 Å². The highest BCUT2D eigenvalue weighted by Crippen LogP contribution is 2.19. The van der Waals surface area contributed by atoms with Crippen molar-refractivity contribution < 1.29 is 19.1 Å². The number of ether oxygens (including phenoxy) is 1. The molecule has 6 nitrogen and oxygen atoms in total. The van der Waals surface area contributed by atoms with E-state index >= 15 is 0 Å². The van der Waals surface area contributed by atoms with Gasteiger partial charge in [0, 0.05) is 12.1 Å². The van der Waals surface area contributed by atoms with Crippen LogP contribution in [-0.2, 0) is 9.53 Å². The van der Waals surface area contributed by atoms with Crippen LogP contribution in [0.5, 0.6) is 0 Å². The summed E-state index contributed by atoms with van der Waals surface area (Å²) in [4.78, 5) is 23.9. The standard InChI is InChI=1S/C17H18N2O4/c1-12-3-5-13(6-4-12)15(11-16(20)23-2)18-17(21)14-7-9-19(22)10-8-14/h3-10,15H,11H2,1-2H3,(H,18,21)/t15-/m0/s1. The Balaban J connectivity index is 2.19. The third-order valence-corrected chi connectivity index (χ3v) is 3.45. The van der Waals surface area contributed by atoms with Crippen molar-refractivity contribution in [3.8, 4) is 0 Å². The van der Waals surface area contributed by atoms with Gasteiger partial charge in [0.05, 0.1) is 25.1 Å². The number of benzene rings is 1. The maximum Gasteiger partial charge on any atom is 0.307 e. The first kappa shape index (κ1) is 16.5. The van der Waals surface area contributed by atoms with E-state index in [0.29, 0.717) is 10.3 Å². The molecule has 0 bridgehead atoms. The van der Waals surface area contributed by atoms with E-state index in [4.69, 9.17) is 4.74 Å². The number of nitrogens with one attached hydrogen (secondary N) is 1. The van der Waals surface area contributed by atoms with E-state index in [1.165, 1.54) is 31.6 Å². The average molecular weight is 314 g/mol. The maximum atomic E-state index is 12.3. The Morgan fingerprint density at radius 3 is 2.35 bits per heavy atom. The smallest absolute Gasteiger partial charge is 0.307 e. The van der Waals surface area contributed by atoms with Crippen molar-refractivity contribution in [2.24, 2.45) is 0 Å². The van der Waals surface area contributed by atoms with Crippen LogP contribution in [-0.4, -0.2) is 19.0 Å². The van der Waals surface area contributed by atoms with Crippen molar-refractivity contribution in [2.75, 3.05) is 7.11 Å². The molecule has 0 aliphatic heterocycles. The Labute approximate surface area is 134 Å². The molecule has 0 fully saturated rings. The number of pyridine rings is 1. The van der Waals surface area contributed by atoms with Gasteiger partial charge < -0.3 is 15.3 Å². The number of carbonyl (C=O) groups is 2. The molecule has 0 saturated carbocycles. The molecule has 0 radical (unpaired) electrons. The second-order valence-corrected chi connectivity index (χ2v) is 5.16. The minimum absolute atomic E-state index is 0.0275. The summed E-state index contributed by atoms with van der Waals surface area (Å²) in [5, 5.41) is 13.8. The van der Waals surface area contributed by atoms with Crippen molar-refractivity contribution in [3.63, 3.8) is 0 Å². The number of esters is 1. The molecular weight excluding hydrogens is 296 g/mol. The zero-order valence-corrected chi connectivity index (χ0v) is 13.0. The van der Waals surface area contributed by atoms with Gasteiger partial charge in [0.25, 0.3) is 5.91 Å². The largest absolute Gasteiger partial charge is 0.619 e. The lowest BCUT2D eigenvalue weighted by Gasteiger charge is -2.18. The molecule has 0 aliphatic rings. The van der Waals surface area contributed by atoms with E-state index in [2.05, 4.69) is 5.32 Å². The molecule has 1 heterocycles. The van der Waals surface area contributed by atoms with Crippen LogP contribution >= 0.6 is 0 Å². The van der Waals surface area contributed by atoms with E-state index < -0.39 is 12.0 Å². The van der Waals surface area contributed by atoms with Crippen LogP contribution in [0.3, 0.4) is 0 Å². The molecule has 23 heavy (non-hydrogen) atoms. The molecule has 1 N–H and O–H groups in total. The van der Waals surface area contributed by atoms with Crippen molar-refractivity contribution in [3.05, 3.63) is 70.7 Å². The highest BCUT2D eigenvalue weighted by molar-refractivity contribution is 5.94. The second-order valence-electron chi connectivity index (χ2n) is 5.16. The predicted octanol–water partition coefficient (Wildman–Crippen LogP) is 1.66. The first-order chi connectivity index (χ1) is 11.0. The van der Waals surface area contributed by atoms with Crippen molar-refractivity contribution >= 4 is 11.9 Å². The monoisotopic (exact) mass is 314 g/mol. The first-order valence-electron chi connectivity index (χ1n) is 7.12. The summed E-state index contributed by atoms with van der Waals surface area (Å²) in [6.45, 7) is 1.96. The lowest BCUT2D eigenvalue weighted by molar-refractivity contribution is -0.605. The average Bonchev–Trinajstić information content (AvgIpc) is 2.55. The number of methoxy groups -OCH3 is 1. The number of hydrogen-bond acceptors (Lipinski definition) is 4. The SMILES string of the molecule is COC(=O)C[C@H](NC(=O)c1cc[n+]([O-])cc1)c1ccc(C)cc1. The third-order valence-electron chi connectivity index (χ3n) is 3.45. The van der Waals surface area contributed by atoms with Crippen LogP contribution in [0, 0.1) is 12.1 Å². The lowest BCUT2D eigenvalue weighted by atomic mass is 10.0. The first-order valence-corrected chi connectivity index (χ1v) is 7.12. The molecule has 2 aromatic rings. The van der Waals surface area contributed by atoms with Crippen LogP contribution in [0.25, 0.3) is 0 Å². The zero-order chi connectivity index (χ0) is 16.8. The number of rotatable bonds is 5. The van der Waals surface area contributed by atoms with Crippen LogP contribution in [0.15, 0.2) is 48.8 Å². The molecule has 2 rings (SSSR count). The molecule has 0 unspecified atom stereocenters. The Bertz CT molecular complexity index is 681. The highest BCUT2D eigenvalue weighted by Gasteiger charge is 2.20. The van der Waals surface area contributed by atoms with Gasteiger partial charge in [0.15, 0.2) is 12.4 Å². The summed E-state index contributed by atoms with van der Waals surface area (Å²) in [5.74, 6) is -0.776. The fourth-order valence-corrected chi connectivity index (χ4v) is 2.11. The fourth-order valence-electron chi connectivity index (χ4n) is 2.11. The summed E-state index contributed by atoms with van der Waals surface area (Å²) in [6.07, 6.45) is 2.52. The Hall–Kier alpha value is -2.89. The van der Waals surface area contributed by atoms with Gasteiger partial charge in [-0.15, -0.1) is 0 Å². The molecular formula is C17H18N2O4. The van der Waals surface area contributed by atoms with Gasteiger partial charge in [-0.1, -0.05) is 29.8 Å². The number of amides is 1. The predicted molar refractivity (Wildman–Crippen MR) is 83.4 cm³/mol. The summed E-state index contributed by atoms with van der Waals surface area (Å²) >= 11 is 0. The van der Waals surface area contributed by atoms with Gasteiger partial charge >= 0.3 is 5.97 Å². The molecule has 1 atom stereocenters. The summed E-state index contributed by atoms with van der Waals surface area (Å²) < 4.78 is 5.29. The number of hydrogen-bond donors (Lipinski definition) is 1. The van der Waals surface area contributed by atoms with Gasteiger partial charge in [-0.05, 0) is 12.5 Å². The summed E-state index contributed by atoms with van der Waals surface area (Å²) in [7, 11) is 1.31. The Kier molecular flexibility index (Phi) is 5.30. The van der Waals surface area contributed by atoms with Crippen molar-refractivity contribution in [1.29, 1.82) is 0 Å². The van der Waals surface area contributed by atoms with E-state index in [0.717, 1.165) is 11.1 Å². The second kappa shape index (κ2) is 7.40. The number of aromatic nitrogens is 1. The highest BCUT2D eigenvalue weighted by atomic mass is 16.5. The minimum atomic E-state index is -0.505. The quantitative estimate of drug-likeness (QED) is 0.517. The number of nitrogens with zero attached hydrogens (tertiary/aromatic N) is 1. The van der Waals surface area contributed by atoms with Crippen molar-refractivity contribution in [1.82, 2.24) is 5.32 Å². The van der Waals surface area contributed by atoms with Crippen LogP contribution < -0.4 is 10.0 Å². The minimum Gasteiger partial charge on any atom is -0.619 e. The van der Waals surface area contributed by atoms with Crippen LogP contribution in [0.1, 0.15) is 33.9 Å². The van der Waals surface area contributed by atoms with Gasteiger partial charge in [0.1, 0.15) is 0 Å². The van der Waals surface area contributed by atoms with E-state index in [-0.39, 0.29) is 12.3 Å². The van der Waals surface area contributed by atoms with E-state index in [1.807, 2.05) is 31.2 Å². The maximum absolute atomic E-state index is 12.3. The van der Waals surface area contributed by atoms with Crippen LogP contribution in [0.4, 0.5) is 0 Å². The number of carbonyl (C=O) groups excluding carboxylic acids is 2. The fraction of sp³-hybridized carbons (Fsp3) is 0.235. The molecule has 0 aliphatic carbocycles. The van der Waals surface area contributed by atoms with Crippen molar-refractivity contribution in [2.45, 2.75) is 19.4 Å². The molecule has 0 saturated heterocycles. The summed E-state index contributed by atoms with van der Waals surface area (Å²) in [6, 6.07) is 9.89. The zero-order valence-electron chi connectivity index (χ0n) is 13.0. The normalized spacial score (nSPS) is 11.6. The molecule has 0 spiro atoms. The Morgan fingerprint density at radius 2 is 1.78 bits per heavy atom. The van der Waals surface area contributed by atoms with Crippen LogP contribution in [0.2, 0.25) is 0 Å². The van der Waals surface area contributed by atoms with Gasteiger partial charge in [-0.25, -0.2) is 0 Å². The van der Waals surface area contributed by atoms with E-state index in [9.17, 15) is 14.8 Å². The molecule has 6 heteroatoms. The number of aryl methyl sites for hydroxylation is 1. The Morgan fingerprint density at radius 1 is 1.17 bits per heavy atom. The van der Waals surface area contributed by atoms with Gasteiger partial charge in [-0.3, -0.25) is 9.59 Å². The molecule has 1 aromatic heterocycles. The molecule has 1 amide bonds. The molecule has 1 aromatic carbocycles. The lowest BCUT2D eigenvalue weighted by Crippen LogP contribution is -2.31. The topological polar surface area (TPSA) is 82.3 Å². The van der Waals surface area contributed by atoms with Gasteiger partial charge in [0.2, 0.25) is 0 Å². The summed E-state index contributed by atoms with van der Waals surface area (Å²) in [5.41, 5.74) is 2.24.